The Hall–Kier alpha value is -7.81. The van der Waals surface area contributed by atoms with E-state index in [9.17, 15) is 115 Å². The van der Waals surface area contributed by atoms with Gasteiger partial charge in [0.2, 0.25) is 12.3 Å². The molecule has 1 aromatic heterocycles. The first kappa shape index (κ1) is 61.1. The molecule has 6 rings (SSSR count). The van der Waals surface area contributed by atoms with E-state index in [1.807, 2.05) is 6.07 Å². The van der Waals surface area contributed by atoms with E-state index in [0.29, 0.717) is 5.56 Å². The number of carbonyl (C=O) groups is 2. The van der Waals surface area contributed by atoms with Crippen LogP contribution in [0.4, 0.5) is 105 Å². The Bertz CT molecular complexity index is 2780. The molecule has 1 heterocycles. The van der Waals surface area contributed by atoms with Gasteiger partial charge in [-0.25, -0.2) is 4.79 Å². The molecule has 0 saturated heterocycles. The summed E-state index contributed by atoms with van der Waals surface area (Å²) in [4.78, 5) is 27.8. The van der Waals surface area contributed by atoms with Gasteiger partial charge in [-0.15, -0.1) is 0 Å². The van der Waals surface area contributed by atoms with Gasteiger partial charge in [0.25, 0.3) is 0 Å². The minimum absolute atomic E-state index is 0.0104. The average Bonchev–Trinajstić information content (AvgIpc) is 3.37. The van der Waals surface area contributed by atoms with Gasteiger partial charge >= 0.3 is 61.1 Å². The number of hydrogen-bond acceptors (Lipinski definition) is 5. The number of rotatable bonds is 9. The molecule has 0 atom stereocenters. The van der Waals surface area contributed by atoms with E-state index in [2.05, 4.69) is 4.98 Å². The molecule has 0 aliphatic rings. The van der Waals surface area contributed by atoms with Crippen LogP contribution in [-0.2, 0) is 60.7 Å². The second-order valence-corrected chi connectivity index (χ2v) is 16.3. The van der Waals surface area contributed by atoms with Crippen molar-refractivity contribution in [1.29, 1.82) is 5.26 Å². The summed E-state index contributed by atoms with van der Waals surface area (Å²) < 4.78 is 347. The maximum atomic E-state index is 14.2. The largest absolute Gasteiger partial charge is 0.442 e. The Morgan fingerprint density at radius 2 is 0.744 bits per heavy atom. The van der Waals surface area contributed by atoms with Gasteiger partial charge in [-0.2, -0.15) is 137 Å². The van der Waals surface area contributed by atoms with Gasteiger partial charge in [0.15, 0.2) is 12.8 Å². The molecule has 78 heavy (non-hydrogen) atoms. The number of halogens is 24. The normalized spacial score (nSPS) is 13.1. The van der Waals surface area contributed by atoms with Crippen LogP contribution < -0.4 is 26.4 Å². The number of nitriles is 1. The van der Waals surface area contributed by atoms with Gasteiger partial charge in [0, 0.05) is 5.56 Å². The third-order valence-corrected chi connectivity index (χ3v) is 11.2. The lowest BCUT2D eigenvalue weighted by atomic mass is 9.12. The molecule has 5 aromatic carbocycles. The van der Waals surface area contributed by atoms with Crippen LogP contribution in [0.15, 0.2) is 122 Å². The minimum atomic E-state index is -6.13. The highest BCUT2D eigenvalue weighted by atomic mass is 19.4. The number of esters is 1. The maximum absolute atomic E-state index is 14.2. The van der Waals surface area contributed by atoms with E-state index in [0.717, 1.165) is 0 Å². The Kier molecular flexibility index (Phi) is 16.9. The van der Waals surface area contributed by atoms with Crippen molar-refractivity contribution in [3.63, 3.8) is 0 Å². The fraction of sp³-hybridized carbons (Fsp3) is 0.213. The third-order valence-electron chi connectivity index (χ3n) is 11.2. The molecule has 0 spiro atoms. The predicted octanol–water partition coefficient (Wildman–Crippen LogP) is 12.1. The molecule has 0 fully saturated rings. The summed E-state index contributed by atoms with van der Waals surface area (Å²) in [5.74, 6) is -0.827. The molecular formula is C47H24BF24N3O3. The molecule has 0 bridgehead atoms. The van der Waals surface area contributed by atoms with Crippen molar-refractivity contribution in [2.24, 2.45) is 0 Å². The molecule has 31 heteroatoms. The van der Waals surface area contributed by atoms with Gasteiger partial charge < -0.3 is 4.74 Å². The monoisotopic (exact) mass is 1150 g/mol. The van der Waals surface area contributed by atoms with Crippen molar-refractivity contribution in [3.8, 4) is 6.07 Å². The maximum Gasteiger partial charge on any atom is 0.416 e. The minimum Gasteiger partial charge on any atom is -0.442 e. The van der Waals surface area contributed by atoms with Gasteiger partial charge in [-0.1, -0.05) is 78.9 Å². The smallest absolute Gasteiger partial charge is 0.416 e. The number of ketones is 1. The highest BCUT2D eigenvalue weighted by Gasteiger charge is 2.47. The van der Waals surface area contributed by atoms with Gasteiger partial charge in [0.1, 0.15) is 18.4 Å². The van der Waals surface area contributed by atoms with Crippen molar-refractivity contribution < 1.29 is 124 Å². The molecule has 6 aromatic rings. The van der Waals surface area contributed by atoms with Crippen LogP contribution >= 0.6 is 0 Å². The summed E-state index contributed by atoms with van der Waals surface area (Å²) >= 11 is 0. The molecule has 0 amide bonds. The summed E-state index contributed by atoms with van der Waals surface area (Å²) in [5, 5.41) is 8.42. The van der Waals surface area contributed by atoms with E-state index in [-0.39, 0.29) is 24.6 Å². The standard InChI is InChI=1S/C32H12BF24.C15H12N3O3/c34-25(35,36)13-1-14(26(37,38)39)6-21(5-13)33(22-7-15(27(40,41)42)2-16(8-22)28(43,44)45,23-9-17(29(46,47)48)3-18(10-23)30(49,50)51)24-11-19(31(52,53)54)4-20(12-24)32(55,56)57;16-6-9-21-15(20)13-10-17-7-8-18(13)11-14(19)12-4-2-1-3-5-12/h1-12H;1-5,7-8,10H,9,11H2/q-1;+1. The van der Waals surface area contributed by atoms with E-state index >= 15 is 0 Å². The van der Waals surface area contributed by atoms with E-state index in [4.69, 9.17) is 10.00 Å². The van der Waals surface area contributed by atoms with Crippen molar-refractivity contribution in [3.05, 3.63) is 177 Å². The summed E-state index contributed by atoms with van der Waals surface area (Å²) in [5.41, 5.74) is -29.5. The zero-order valence-corrected chi connectivity index (χ0v) is 37.7. The van der Waals surface area contributed by atoms with Crippen molar-refractivity contribution >= 4 is 39.7 Å². The van der Waals surface area contributed by atoms with E-state index < -0.39 is 201 Å². The van der Waals surface area contributed by atoms with Crippen LogP contribution in [0.2, 0.25) is 0 Å². The second-order valence-electron chi connectivity index (χ2n) is 16.3. The molecule has 0 aliphatic heterocycles. The predicted molar refractivity (Wildman–Crippen MR) is 221 cm³/mol. The molecule has 6 nitrogen and oxygen atoms in total. The molecular weight excluding hydrogens is 1120 g/mol. The zero-order chi connectivity index (χ0) is 59.0. The SMILES string of the molecule is FC(F)(F)c1cc([B-](c2cc(C(F)(F)F)cc(C(F)(F)F)c2)(c2cc(C(F)(F)F)cc(C(F)(F)F)c2)c2cc(C(F)(F)F)cc(C(F)(F)F)c2)cc(C(F)(F)F)c1.N#CCOC(=O)c1cncc[n+]1CC(=O)c1ccccc1. The molecule has 0 unspecified atom stereocenters. The lowest BCUT2D eigenvalue weighted by Crippen LogP contribution is -2.75. The zero-order valence-electron chi connectivity index (χ0n) is 37.7. The van der Waals surface area contributed by atoms with Gasteiger partial charge in [-0.3, -0.25) is 9.78 Å². The van der Waals surface area contributed by atoms with Crippen LogP contribution in [0, 0.1) is 11.3 Å². The topological polar surface area (TPSA) is 83.9 Å². The fourth-order valence-electron chi connectivity index (χ4n) is 7.81. The fourth-order valence-corrected chi connectivity index (χ4v) is 7.81. The summed E-state index contributed by atoms with van der Waals surface area (Å²) in [6, 6.07) is 1.68. The quantitative estimate of drug-likeness (QED) is 0.0473. The van der Waals surface area contributed by atoms with Crippen LogP contribution in [-0.4, -0.2) is 29.5 Å². The van der Waals surface area contributed by atoms with Crippen LogP contribution in [0.1, 0.15) is 65.4 Å². The van der Waals surface area contributed by atoms with Gasteiger partial charge in [-0.05, 0) is 24.3 Å². The average molecular weight is 1150 g/mol. The summed E-state index contributed by atoms with van der Waals surface area (Å²) in [6.07, 6.45) is -50.5. The first-order valence-electron chi connectivity index (χ1n) is 20.8. The summed E-state index contributed by atoms with van der Waals surface area (Å²) in [7, 11) is 0. The Balaban J connectivity index is 0.000000443. The first-order chi connectivity index (χ1) is 35.5. The van der Waals surface area contributed by atoms with E-state index in [1.165, 1.54) is 23.2 Å². The van der Waals surface area contributed by atoms with Crippen molar-refractivity contribution in [2.75, 3.05) is 6.61 Å². The van der Waals surface area contributed by atoms with Crippen LogP contribution in [0.5, 0.6) is 0 Å². The van der Waals surface area contributed by atoms with Crippen molar-refractivity contribution in [2.45, 2.75) is 56.0 Å². The molecule has 416 valence electrons. The highest BCUT2D eigenvalue weighted by Crippen LogP contribution is 2.41. The Labute approximate surface area is 420 Å². The first-order valence-corrected chi connectivity index (χ1v) is 20.8. The number of aromatic nitrogens is 2. The number of nitrogens with zero attached hydrogens (tertiary/aromatic N) is 3. The number of hydrogen-bond donors (Lipinski definition) is 0. The Morgan fingerprint density at radius 1 is 0.462 bits per heavy atom. The molecule has 0 radical (unpaired) electrons. The lowest BCUT2D eigenvalue weighted by Gasteiger charge is -2.46. The highest BCUT2D eigenvalue weighted by molar-refractivity contribution is 7.20. The van der Waals surface area contributed by atoms with Crippen LogP contribution in [0.3, 0.4) is 0 Å². The van der Waals surface area contributed by atoms with E-state index in [1.54, 1.807) is 30.3 Å². The third kappa shape index (κ3) is 14.2. The number of ether oxygens (including phenoxy) is 1. The molecule has 0 aliphatic carbocycles. The number of alkyl halides is 24. The Morgan fingerprint density at radius 3 is 1.00 bits per heavy atom. The van der Waals surface area contributed by atoms with Crippen LogP contribution in [0.25, 0.3) is 0 Å². The van der Waals surface area contributed by atoms with Crippen molar-refractivity contribution in [1.82, 2.24) is 4.98 Å². The number of benzene rings is 5. The number of carbonyl (C=O) groups excluding carboxylic acids is 2. The van der Waals surface area contributed by atoms with Gasteiger partial charge in [0.05, 0.1) is 50.7 Å². The lowest BCUT2D eigenvalue weighted by molar-refractivity contribution is -0.686. The molecule has 0 N–H and O–H groups in total. The second kappa shape index (κ2) is 21.6. The summed E-state index contributed by atoms with van der Waals surface area (Å²) in [6.45, 7) is -0.357. The number of Topliss-reactive ketones (excluding diaryl/α,β-unsaturated/α-hetero) is 1. The molecule has 0 saturated carbocycles.